The number of halogens is 2. The van der Waals surface area contributed by atoms with Crippen LogP contribution in [-0.4, -0.2) is 7.05 Å². The zero-order chi connectivity index (χ0) is 9.14. The van der Waals surface area contributed by atoms with E-state index >= 15 is 0 Å². The third-order valence-electron chi connectivity index (χ3n) is 1.87. The molecule has 0 amide bonds. The lowest BCUT2D eigenvalue weighted by Crippen LogP contribution is -2.14. The molecule has 1 aromatic rings. The first-order chi connectivity index (χ1) is 5.66. The maximum absolute atomic E-state index is 13.2. The summed E-state index contributed by atoms with van der Waals surface area (Å²) in [5, 5.41) is 3.41. The van der Waals surface area contributed by atoms with Crippen LogP contribution in [0.15, 0.2) is 18.2 Å². The standard InChI is InChI=1S/C9H11ClFN/c1-6(12-2)9-7(10)4-3-5-8(9)11/h3-6,12H,1-2H3/t6-/m0/s1. The van der Waals surface area contributed by atoms with Gasteiger partial charge >= 0.3 is 0 Å². The summed E-state index contributed by atoms with van der Waals surface area (Å²) in [7, 11) is 1.77. The molecule has 1 N–H and O–H groups in total. The number of nitrogens with one attached hydrogen (secondary N) is 1. The fourth-order valence-corrected chi connectivity index (χ4v) is 1.40. The van der Waals surface area contributed by atoms with Gasteiger partial charge in [0.1, 0.15) is 5.82 Å². The van der Waals surface area contributed by atoms with Crippen molar-refractivity contribution >= 4 is 11.6 Å². The van der Waals surface area contributed by atoms with Crippen LogP contribution in [0.5, 0.6) is 0 Å². The van der Waals surface area contributed by atoms with Gasteiger partial charge in [-0.2, -0.15) is 0 Å². The fourth-order valence-electron chi connectivity index (χ4n) is 1.07. The molecule has 0 aliphatic rings. The van der Waals surface area contributed by atoms with Crippen LogP contribution >= 0.6 is 11.6 Å². The third kappa shape index (κ3) is 1.76. The summed E-state index contributed by atoms with van der Waals surface area (Å²) < 4.78 is 13.2. The van der Waals surface area contributed by atoms with Crippen molar-refractivity contribution in [3.05, 3.63) is 34.6 Å². The average Bonchev–Trinajstić information content (AvgIpc) is 2.03. The minimum absolute atomic E-state index is 0.0568. The zero-order valence-electron chi connectivity index (χ0n) is 7.07. The maximum Gasteiger partial charge on any atom is 0.129 e. The van der Waals surface area contributed by atoms with Gasteiger partial charge in [-0.3, -0.25) is 0 Å². The van der Waals surface area contributed by atoms with Crippen molar-refractivity contribution in [1.29, 1.82) is 0 Å². The van der Waals surface area contributed by atoms with E-state index in [2.05, 4.69) is 5.32 Å². The highest BCUT2D eigenvalue weighted by Gasteiger charge is 2.11. The van der Waals surface area contributed by atoms with E-state index in [1.807, 2.05) is 6.92 Å². The molecule has 1 rings (SSSR count). The zero-order valence-corrected chi connectivity index (χ0v) is 7.82. The van der Waals surface area contributed by atoms with Gasteiger partial charge in [0.2, 0.25) is 0 Å². The second-order valence-electron chi connectivity index (χ2n) is 2.65. The average molecular weight is 188 g/mol. The van der Waals surface area contributed by atoms with Gasteiger partial charge < -0.3 is 5.32 Å². The van der Waals surface area contributed by atoms with E-state index in [4.69, 9.17) is 11.6 Å². The lowest BCUT2D eigenvalue weighted by Gasteiger charge is -2.12. The molecule has 0 unspecified atom stereocenters. The van der Waals surface area contributed by atoms with Gasteiger partial charge in [-0.25, -0.2) is 4.39 Å². The largest absolute Gasteiger partial charge is 0.313 e. The number of hydrogen-bond acceptors (Lipinski definition) is 1. The van der Waals surface area contributed by atoms with Crippen molar-refractivity contribution in [2.45, 2.75) is 13.0 Å². The highest BCUT2D eigenvalue weighted by Crippen LogP contribution is 2.24. The van der Waals surface area contributed by atoms with Gasteiger partial charge in [-0.1, -0.05) is 17.7 Å². The van der Waals surface area contributed by atoms with Gasteiger partial charge in [0.15, 0.2) is 0 Å². The first-order valence-corrected chi connectivity index (χ1v) is 4.15. The highest BCUT2D eigenvalue weighted by atomic mass is 35.5. The van der Waals surface area contributed by atoms with E-state index in [9.17, 15) is 4.39 Å². The van der Waals surface area contributed by atoms with Crippen LogP contribution in [0.2, 0.25) is 5.02 Å². The summed E-state index contributed by atoms with van der Waals surface area (Å²) in [6, 6.07) is 4.64. The topological polar surface area (TPSA) is 12.0 Å². The molecule has 0 spiro atoms. The molecule has 1 atom stereocenters. The van der Waals surface area contributed by atoms with Crippen LogP contribution in [0.25, 0.3) is 0 Å². The van der Waals surface area contributed by atoms with Crippen LogP contribution in [0.3, 0.4) is 0 Å². The van der Waals surface area contributed by atoms with E-state index in [0.717, 1.165) is 0 Å². The van der Waals surface area contributed by atoms with Crippen LogP contribution in [0, 0.1) is 5.82 Å². The van der Waals surface area contributed by atoms with E-state index in [1.165, 1.54) is 6.07 Å². The van der Waals surface area contributed by atoms with Crippen LogP contribution in [0.4, 0.5) is 4.39 Å². The van der Waals surface area contributed by atoms with E-state index in [1.54, 1.807) is 19.2 Å². The molecular weight excluding hydrogens is 177 g/mol. The van der Waals surface area contributed by atoms with Crippen molar-refractivity contribution in [1.82, 2.24) is 5.32 Å². The van der Waals surface area contributed by atoms with Gasteiger partial charge in [0.25, 0.3) is 0 Å². The summed E-state index contributed by atoms with van der Waals surface area (Å²) in [4.78, 5) is 0. The Morgan fingerprint density at radius 1 is 1.50 bits per heavy atom. The second-order valence-corrected chi connectivity index (χ2v) is 3.05. The summed E-state index contributed by atoms with van der Waals surface area (Å²) in [6.07, 6.45) is 0. The molecule has 0 bridgehead atoms. The Balaban J connectivity index is 3.12. The molecule has 66 valence electrons. The molecule has 0 saturated carbocycles. The van der Waals surface area contributed by atoms with E-state index in [-0.39, 0.29) is 11.9 Å². The molecule has 1 nitrogen and oxygen atoms in total. The molecule has 0 fully saturated rings. The summed E-state index contributed by atoms with van der Waals surface area (Å²) in [5.41, 5.74) is 0.529. The van der Waals surface area contributed by atoms with Crippen molar-refractivity contribution in [3.63, 3.8) is 0 Å². The number of benzene rings is 1. The van der Waals surface area contributed by atoms with Crippen LogP contribution in [0.1, 0.15) is 18.5 Å². The molecule has 0 heterocycles. The first kappa shape index (κ1) is 9.49. The Hall–Kier alpha value is -0.600. The molecule has 1 aromatic carbocycles. The predicted molar refractivity (Wildman–Crippen MR) is 48.9 cm³/mol. The van der Waals surface area contributed by atoms with Crippen LogP contribution in [-0.2, 0) is 0 Å². The summed E-state index contributed by atoms with van der Waals surface area (Å²) >= 11 is 5.82. The molecule has 0 aromatic heterocycles. The predicted octanol–water partition coefficient (Wildman–Crippen LogP) is 2.76. The van der Waals surface area contributed by atoms with Gasteiger partial charge in [-0.05, 0) is 26.1 Å². The minimum atomic E-state index is -0.260. The van der Waals surface area contributed by atoms with E-state index < -0.39 is 0 Å². The molecule has 0 aliphatic heterocycles. The Kier molecular flexibility index (Phi) is 3.06. The summed E-state index contributed by atoms with van der Waals surface area (Å²) in [5.74, 6) is -0.260. The minimum Gasteiger partial charge on any atom is -0.313 e. The Bertz CT molecular complexity index is 255. The quantitative estimate of drug-likeness (QED) is 0.751. The first-order valence-electron chi connectivity index (χ1n) is 3.78. The van der Waals surface area contributed by atoms with Crippen LogP contribution < -0.4 is 5.32 Å². The van der Waals surface area contributed by atoms with Crippen molar-refractivity contribution in [2.24, 2.45) is 0 Å². The molecule has 0 saturated heterocycles. The van der Waals surface area contributed by atoms with Crippen molar-refractivity contribution in [2.75, 3.05) is 7.05 Å². The number of hydrogen-bond donors (Lipinski definition) is 1. The molecule has 0 radical (unpaired) electrons. The molecule has 12 heavy (non-hydrogen) atoms. The Labute approximate surface area is 76.5 Å². The van der Waals surface area contributed by atoms with Gasteiger partial charge in [0.05, 0.1) is 0 Å². The molecule has 0 aliphatic carbocycles. The normalized spacial score (nSPS) is 13.0. The molecule has 3 heteroatoms. The van der Waals surface area contributed by atoms with E-state index in [0.29, 0.717) is 10.6 Å². The lowest BCUT2D eigenvalue weighted by molar-refractivity contribution is 0.562. The van der Waals surface area contributed by atoms with Crippen molar-refractivity contribution < 1.29 is 4.39 Å². The summed E-state index contributed by atoms with van der Waals surface area (Å²) in [6.45, 7) is 1.87. The fraction of sp³-hybridized carbons (Fsp3) is 0.333. The highest BCUT2D eigenvalue weighted by molar-refractivity contribution is 6.31. The monoisotopic (exact) mass is 187 g/mol. The lowest BCUT2D eigenvalue weighted by atomic mass is 10.1. The third-order valence-corrected chi connectivity index (χ3v) is 2.20. The second kappa shape index (κ2) is 3.87. The maximum atomic E-state index is 13.2. The van der Waals surface area contributed by atoms with Gasteiger partial charge in [0, 0.05) is 16.6 Å². The Morgan fingerprint density at radius 3 is 2.67 bits per heavy atom. The SMILES string of the molecule is CN[C@@H](C)c1c(F)cccc1Cl. The van der Waals surface area contributed by atoms with Crippen molar-refractivity contribution in [3.8, 4) is 0 Å². The smallest absolute Gasteiger partial charge is 0.129 e. The number of rotatable bonds is 2. The molecular formula is C9H11ClFN. The van der Waals surface area contributed by atoms with Gasteiger partial charge in [-0.15, -0.1) is 0 Å². The Morgan fingerprint density at radius 2 is 2.17 bits per heavy atom.